The van der Waals surface area contributed by atoms with E-state index in [0.717, 1.165) is 31.2 Å². The Kier molecular flexibility index (Phi) is 8.97. The van der Waals surface area contributed by atoms with E-state index < -0.39 is 0 Å². The van der Waals surface area contributed by atoms with E-state index in [1.165, 1.54) is 35.1 Å². The van der Waals surface area contributed by atoms with Gasteiger partial charge in [-0.05, 0) is 98.5 Å². The van der Waals surface area contributed by atoms with Gasteiger partial charge in [0.15, 0.2) is 0 Å². The summed E-state index contributed by atoms with van der Waals surface area (Å²) in [6.07, 6.45) is 13.7. The van der Waals surface area contributed by atoms with E-state index in [0.29, 0.717) is 17.3 Å². The molecule has 1 aliphatic rings. The van der Waals surface area contributed by atoms with Gasteiger partial charge in [-0.25, -0.2) is 4.39 Å². The number of halogens is 1. The predicted molar refractivity (Wildman–Crippen MR) is 151 cm³/mol. The van der Waals surface area contributed by atoms with Crippen molar-refractivity contribution in [1.82, 2.24) is 0 Å². The molecule has 0 bridgehead atoms. The molecule has 2 aromatic rings. The van der Waals surface area contributed by atoms with Crippen LogP contribution >= 0.6 is 0 Å². The van der Waals surface area contributed by atoms with Crippen LogP contribution in [0.5, 0.6) is 0 Å². The molecular formula is C34H45F. The van der Waals surface area contributed by atoms with Crippen molar-refractivity contribution in [2.24, 2.45) is 22.7 Å². The van der Waals surface area contributed by atoms with Crippen LogP contribution in [0.1, 0.15) is 83.4 Å². The van der Waals surface area contributed by atoms with Gasteiger partial charge in [-0.2, -0.15) is 0 Å². The lowest BCUT2D eigenvalue weighted by molar-refractivity contribution is 0.304. The third kappa shape index (κ3) is 7.29. The van der Waals surface area contributed by atoms with Crippen molar-refractivity contribution in [3.63, 3.8) is 0 Å². The average Bonchev–Trinajstić information content (AvgIpc) is 3.58. The van der Waals surface area contributed by atoms with Crippen molar-refractivity contribution in [1.29, 1.82) is 0 Å². The molecule has 0 aliphatic heterocycles. The Morgan fingerprint density at radius 1 is 1.06 bits per heavy atom. The van der Waals surface area contributed by atoms with Gasteiger partial charge < -0.3 is 0 Å². The first-order valence-electron chi connectivity index (χ1n) is 13.4. The molecular weight excluding hydrogens is 427 g/mol. The van der Waals surface area contributed by atoms with Gasteiger partial charge >= 0.3 is 0 Å². The highest BCUT2D eigenvalue weighted by Gasteiger charge is 2.43. The highest BCUT2D eigenvalue weighted by molar-refractivity contribution is 5.56. The Morgan fingerprint density at radius 2 is 1.69 bits per heavy atom. The van der Waals surface area contributed by atoms with Crippen LogP contribution in [0.25, 0.3) is 6.08 Å². The van der Waals surface area contributed by atoms with E-state index in [-0.39, 0.29) is 11.2 Å². The summed E-state index contributed by atoms with van der Waals surface area (Å²) in [6.45, 7) is 18.3. The smallest absolute Gasteiger partial charge is 0.123 e. The summed E-state index contributed by atoms with van der Waals surface area (Å²) in [5.41, 5.74) is 6.92. The maximum atomic E-state index is 13.5. The molecule has 188 valence electrons. The molecule has 0 N–H and O–H groups in total. The number of hydrogen-bond acceptors (Lipinski definition) is 0. The molecule has 1 heteroatoms. The summed E-state index contributed by atoms with van der Waals surface area (Å²) >= 11 is 0. The van der Waals surface area contributed by atoms with Crippen molar-refractivity contribution in [2.45, 2.75) is 80.1 Å². The molecule has 0 saturated heterocycles. The minimum atomic E-state index is -0.192. The number of aryl methyl sites for hydroxylation is 1. The van der Waals surface area contributed by atoms with Gasteiger partial charge in [0, 0.05) is 5.41 Å². The standard InChI is InChI=1S/C34H45F/c1-8-34(24-25(2)3,20-19-27(5)23-30-11-9-26(4)10-12-30)32(28(6)33(7)21-22-33)18-15-29-13-16-31(35)17-14-29/h8-18,25,27H,1,19-24H2,2-7H3/b18-15+,32-28-. The van der Waals surface area contributed by atoms with Gasteiger partial charge in [0.05, 0.1) is 0 Å². The molecule has 2 unspecified atom stereocenters. The van der Waals surface area contributed by atoms with E-state index in [2.05, 4.69) is 90.6 Å². The summed E-state index contributed by atoms with van der Waals surface area (Å²) in [7, 11) is 0. The van der Waals surface area contributed by atoms with Crippen LogP contribution < -0.4 is 0 Å². The zero-order chi connectivity index (χ0) is 25.6. The van der Waals surface area contributed by atoms with Crippen molar-refractivity contribution >= 4 is 6.08 Å². The van der Waals surface area contributed by atoms with Gasteiger partial charge in [0.2, 0.25) is 0 Å². The minimum Gasteiger partial charge on any atom is -0.207 e. The lowest BCUT2D eigenvalue weighted by atomic mass is 9.67. The van der Waals surface area contributed by atoms with Crippen LogP contribution in [0.15, 0.2) is 78.4 Å². The minimum absolute atomic E-state index is 0.0675. The van der Waals surface area contributed by atoms with E-state index >= 15 is 0 Å². The highest BCUT2D eigenvalue weighted by Crippen LogP contribution is 2.56. The number of rotatable bonds is 12. The Balaban J connectivity index is 1.92. The number of benzene rings is 2. The molecule has 0 aromatic heterocycles. The Bertz CT molecular complexity index is 1030. The average molecular weight is 473 g/mol. The second kappa shape index (κ2) is 11.5. The maximum absolute atomic E-state index is 13.5. The fraction of sp³-hybridized carbons (Fsp3) is 0.471. The van der Waals surface area contributed by atoms with Gasteiger partial charge in [0.25, 0.3) is 0 Å². The lowest BCUT2D eigenvalue weighted by Crippen LogP contribution is -2.26. The summed E-state index contributed by atoms with van der Waals surface area (Å²) in [5, 5.41) is 0. The molecule has 0 heterocycles. The van der Waals surface area contributed by atoms with Gasteiger partial charge in [0.1, 0.15) is 5.82 Å². The van der Waals surface area contributed by atoms with Crippen LogP contribution in [0.4, 0.5) is 4.39 Å². The van der Waals surface area contributed by atoms with Crippen LogP contribution in [-0.2, 0) is 6.42 Å². The fourth-order valence-corrected chi connectivity index (χ4v) is 5.41. The Morgan fingerprint density at radius 3 is 2.23 bits per heavy atom. The molecule has 35 heavy (non-hydrogen) atoms. The second-order valence-electron chi connectivity index (χ2n) is 11.8. The molecule has 0 amide bonds. The maximum Gasteiger partial charge on any atom is 0.123 e. The first kappa shape index (κ1) is 27.2. The van der Waals surface area contributed by atoms with Crippen molar-refractivity contribution < 1.29 is 4.39 Å². The van der Waals surface area contributed by atoms with Crippen molar-refractivity contribution in [3.05, 3.63) is 101 Å². The highest BCUT2D eigenvalue weighted by atomic mass is 19.1. The van der Waals surface area contributed by atoms with Crippen LogP contribution in [0.2, 0.25) is 0 Å². The first-order valence-corrected chi connectivity index (χ1v) is 13.4. The zero-order valence-electron chi connectivity index (χ0n) is 22.8. The van der Waals surface area contributed by atoms with E-state index in [1.807, 2.05) is 12.1 Å². The second-order valence-corrected chi connectivity index (χ2v) is 11.8. The summed E-state index contributed by atoms with van der Waals surface area (Å²) in [5.74, 6) is 0.972. The Labute approximate surface area is 214 Å². The molecule has 3 rings (SSSR count). The third-order valence-corrected chi connectivity index (χ3v) is 8.11. The molecule has 1 saturated carbocycles. The molecule has 2 aromatic carbocycles. The van der Waals surface area contributed by atoms with Crippen molar-refractivity contribution in [2.75, 3.05) is 0 Å². The molecule has 2 atom stereocenters. The van der Waals surface area contributed by atoms with Crippen LogP contribution in [-0.4, -0.2) is 0 Å². The summed E-state index contributed by atoms with van der Waals surface area (Å²) in [6, 6.07) is 15.8. The lowest BCUT2D eigenvalue weighted by Gasteiger charge is -2.37. The monoisotopic (exact) mass is 472 g/mol. The molecule has 0 nitrogen and oxygen atoms in total. The topological polar surface area (TPSA) is 0 Å². The fourth-order valence-electron chi connectivity index (χ4n) is 5.41. The van der Waals surface area contributed by atoms with Crippen LogP contribution in [0, 0.1) is 35.4 Å². The van der Waals surface area contributed by atoms with E-state index in [4.69, 9.17) is 0 Å². The van der Waals surface area contributed by atoms with Crippen molar-refractivity contribution in [3.8, 4) is 0 Å². The van der Waals surface area contributed by atoms with Gasteiger partial charge in [-0.3, -0.25) is 0 Å². The van der Waals surface area contributed by atoms with Gasteiger partial charge in [-0.1, -0.05) is 93.5 Å². The molecule has 1 aliphatic carbocycles. The number of allylic oxidation sites excluding steroid dienone is 4. The zero-order valence-corrected chi connectivity index (χ0v) is 22.8. The quantitative estimate of drug-likeness (QED) is 0.213. The third-order valence-electron chi connectivity index (χ3n) is 8.11. The van der Waals surface area contributed by atoms with E-state index in [1.54, 1.807) is 12.1 Å². The van der Waals surface area contributed by atoms with E-state index in [9.17, 15) is 4.39 Å². The molecule has 0 spiro atoms. The molecule has 1 fully saturated rings. The normalized spacial score (nSPS) is 18.3. The Hall–Kier alpha value is -2.41. The van der Waals surface area contributed by atoms with Gasteiger partial charge in [-0.15, -0.1) is 6.58 Å². The van der Waals surface area contributed by atoms with Crippen LogP contribution in [0.3, 0.4) is 0 Å². The largest absolute Gasteiger partial charge is 0.207 e. The summed E-state index contributed by atoms with van der Waals surface area (Å²) in [4.78, 5) is 0. The predicted octanol–water partition coefficient (Wildman–Crippen LogP) is 10.1. The molecule has 0 radical (unpaired) electrons. The number of hydrogen-bond donors (Lipinski definition) is 0. The SMILES string of the molecule is C=CC(CCC(C)Cc1ccc(C)cc1)(CC(C)C)C(/C=C/c1ccc(F)cc1)=C(/C)C1(C)CC1. The summed E-state index contributed by atoms with van der Waals surface area (Å²) < 4.78 is 13.5. The first-order chi connectivity index (χ1) is 16.6.